The van der Waals surface area contributed by atoms with Crippen LogP contribution in [0.4, 0.5) is 0 Å². The molecule has 2 amide bonds. The number of aryl methyl sites for hydroxylation is 1. The highest BCUT2D eigenvalue weighted by Gasteiger charge is 2.30. The first-order valence-electron chi connectivity index (χ1n) is 11.8. The Hall–Kier alpha value is -3.60. The first-order chi connectivity index (χ1) is 16.4. The number of benzene rings is 3. The molecule has 0 spiro atoms. The van der Waals surface area contributed by atoms with E-state index in [4.69, 9.17) is 4.74 Å². The lowest BCUT2D eigenvalue weighted by Crippen LogP contribution is -2.52. The van der Waals surface area contributed by atoms with Gasteiger partial charge in [0.25, 0.3) is 5.91 Å². The minimum atomic E-state index is -0.658. The molecule has 0 fully saturated rings. The first-order valence-corrected chi connectivity index (χ1v) is 11.8. The molecule has 3 rings (SSSR count). The predicted octanol–water partition coefficient (Wildman–Crippen LogP) is 4.79. The smallest absolute Gasteiger partial charge is 0.261 e. The Labute approximate surface area is 202 Å². The van der Waals surface area contributed by atoms with Crippen molar-refractivity contribution in [2.45, 2.75) is 39.8 Å². The summed E-state index contributed by atoms with van der Waals surface area (Å²) in [6.07, 6.45) is 0.424. The van der Waals surface area contributed by atoms with Gasteiger partial charge < -0.3 is 15.0 Å². The molecule has 3 aromatic rings. The quantitative estimate of drug-likeness (QED) is 0.450. The molecule has 5 nitrogen and oxygen atoms in total. The monoisotopic (exact) mass is 458 g/mol. The molecule has 1 atom stereocenters. The van der Waals surface area contributed by atoms with E-state index in [1.54, 1.807) is 4.90 Å². The fourth-order valence-corrected chi connectivity index (χ4v) is 3.70. The fraction of sp³-hybridized carbons (Fsp3) is 0.310. The van der Waals surface area contributed by atoms with E-state index < -0.39 is 6.04 Å². The second-order valence-electron chi connectivity index (χ2n) is 8.91. The molecule has 0 saturated heterocycles. The van der Waals surface area contributed by atoms with E-state index in [9.17, 15) is 9.59 Å². The van der Waals surface area contributed by atoms with Crippen LogP contribution in [0.5, 0.6) is 5.75 Å². The van der Waals surface area contributed by atoms with Crippen molar-refractivity contribution in [3.8, 4) is 5.75 Å². The highest BCUT2D eigenvalue weighted by Crippen LogP contribution is 2.18. The van der Waals surface area contributed by atoms with E-state index in [-0.39, 0.29) is 18.4 Å². The molecule has 5 heteroatoms. The number of carbonyl (C=O) groups is 2. The molecule has 0 aliphatic rings. The van der Waals surface area contributed by atoms with Crippen LogP contribution in [0.15, 0.2) is 84.9 Å². The third kappa shape index (κ3) is 7.48. The summed E-state index contributed by atoms with van der Waals surface area (Å²) >= 11 is 0. The minimum absolute atomic E-state index is 0.138. The van der Waals surface area contributed by atoms with Gasteiger partial charge in [-0.25, -0.2) is 0 Å². The van der Waals surface area contributed by atoms with Gasteiger partial charge in [-0.1, -0.05) is 92.7 Å². The van der Waals surface area contributed by atoms with Crippen LogP contribution in [0.25, 0.3) is 0 Å². The molecule has 0 aliphatic carbocycles. The maximum absolute atomic E-state index is 13.5. The largest absolute Gasteiger partial charge is 0.484 e. The molecule has 3 aromatic carbocycles. The zero-order valence-electron chi connectivity index (χ0n) is 20.2. The van der Waals surface area contributed by atoms with E-state index in [0.717, 1.165) is 16.7 Å². The highest BCUT2D eigenvalue weighted by atomic mass is 16.5. The van der Waals surface area contributed by atoms with Gasteiger partial charge in [0.05, 0.1) is 0 Å². The van der Waals surface area contributed by atoms with Gasteiger partial charge in [0.2, 0.25) is 5.91 Å². The number of nitrogens with zero attached hydrogens (tertiary/aromatic N) is 1. The van der Waals surface area contributed by atoms with Crippen molar-refractivity contribution in [2.24, 2.45) is 5.92 Å². The summed E-state index contributed by atoms with van der Waals surface area (Å²) in [6.45, 7) is 6.78. The average Bonchev–Trinajstić information content (AvgIpc) is 2.85. The number of carbonyl (C=O) groups excluding carboxylic acids is 2. The van der Waals surface area contributed by atoms with Gasteiger partial charge in [0, 0.05) is 19.5 Å². The SMILES string of the molecule is Cc1ccccc1OCC(=O)N(Cc1ccccc1)C(Cc1ccccc1)C(=O)NCC(C)C. The van der Waals surface area contributed by atoms with Crippen molar-refractivity contribution < 1.29 is 14.3 Å². The molecule has 0 radical (unpaired) electrons. The van der Waals surface area contributed by atoms with Crippen LogP contribution in [0.3, 0.4) is 0 Å². The van der Waals surface area contributed by atoms with Crippen molar-refractivity contribution in [2.75, 3.05) is 13.2 Å². The summed E-state index contributed by atoms with van der Waals surface area (Å²) in [5.74, 6) is 0.592. The van der Waals surface area contributed by atoms with Gasteiger partial charge in [0.1, 0.15) is 11.8 Å². The summed E-state index contributed by atoms with van der Waals surface area (Å²) in [5, 5.41) is 3.03. The normalized spacial score (nSPS) is 11.6. The molecule has 1 unspecified atom stereocenters. The van der Waals surface area contributed by atoms with Gasteiger partial charge >= 0.3 is 0 Å². The number of hydrogen-bond acceptors (Lipinski definition) is 3. The zero-order valence-corrected chi connectivity index (χ0v) is 20.2. The Morgan fingerprint density at radius 2 is 1.44 bits per heavy atom. The molecule has 0 aliphatic heterocycles. The van der Waals surface area contributed by atoms with E-state index in [1.165, 1.54) is 0 Å². The van der Waals surface area contributed by atoms with Crippen molar-refractivity contribution in [1.29, 1.82) is 0 Å². The van der Waals surface area contributed by atoms with Crippen molar-refractivity contribution in [1.82, 2.24) is 10.2 Å². The lowest BCUT2D eigenvalue weighted by molar-refractivity contribution is -0.142. The topological polar surface area (TPSA) is 58.6 Å². The molecule has 34 heavy (non-hydrogen) atoms. The highest BCUT2D eigenvalue weighted by molar-refractivity contribution is 5.88. The maximum atomic E-state index is 13.5. The van der Waals surface area contributed by atoms with Crippen LogP contribution in [-0.4, -0.2) is 35.9 Å². The third-order valence-corrected chi connectivity index (χ3v) is 5.60. The van der Waals surface area contributed by atoms with Crippen molar-refractivity contribution >= 4 is 11.8 Å². The zero-order chi connectivity index (χ0) is 24.3. The molecule has 0 heterocycles. The first kappa shape index (κ1) is 25.0. The summed E-state index contributed by atoms with van der Waals surface area (Å²) < 4.78 is 5.87. The molecule has 0 saturated carbocycles. The fourth-order valence-electron chi connectivity index (χ4n) is 3.70. The standard InChI is InChI=1S/C29H34N2O3/c1-22(2)19-30-29(33)26(18-24-13-6-4-7-14-24)31(20-25-15-8-5-9-16-25)28(32)21-34-27-17-11-10-12-23(27)3/h4-17,22,26H,18-21H2,1-3H3,(H,30,33). The molecule has 0 aromatic heterocycles. The lowest BCUT2D eigenvalue weighted by atomic mass is 10.0. The van der Waals surface area contributed by atoms with Gasteiger partial charge in [0.15, 0.2) is 6.61 Å². The Morgan fingerprint density at radius 3 is 2.06 bits per heavy atom. The number of para-hydroxylation sites is 1. The van der Waals surface area contributed by atoms with Gasteiger partial charge in [-0.15, -0.1) is 0 Å². The van der Waals surface area contributed by atoms with Crippen LogP contribution in [0.1, 0.15) is 30.5 Å². The molecule has 1 N–H and O–H groups in total. The van der Waals surface area contributed by atoms with Crippen molar-refractivity contribution in [3.63, 3.8) is 0 Å². The van der Waals surface area contributed by atoms with E-state index in [2.05, 4.69) is 19.2 Å². The Bertz CT molecular complexity index is 1050. The maximum Gasteiger partial charge on any atom is 0.261 e. The van der Waals surface area contributed by atoms with Crippen LogP contribution in [0, 0.1) is 12.8 Å². The minimum Gasteiger partial charge on any atom is -0.484 e. The number of amides is 2. The van der Waals surface area contributed by atoms with Crippen LogP contribution in [0.2, 0.25) is 0 Å². The predicted molar refractivity (Wildman–Crippen MR) is 135 cm³/mol. The Morgan fingerprint density at radius 1 is 0.853 bits per heavy atom. The van der Waals surface area contributed by atoms with E-state index in [1.807, 2.05) is 91.9 Å². The second-order valence-corrected chi connectivity index (χ2v) is 8.91. The van der Waals surface area contributed by atoms with Crippen LogP contribution in [-0.2, 0) is 22.6 Å². The van der Waals surface area contributed by atoms with Gasteiger partial charge in [-0.3, -0.25) is 9.59 Å². The summed E-state index contributed by atoms with van der Waals surface area (Å²) in [7, 11) is 0. The second kappa shape index (κ2) is 12.6. The summed E-state index contributed by atoms with van der Waals surface area (Å²) in [5.41, 5.74) is 2.92. The molecular formula is C29H34N2O3. The van der Waals surface area contributed by atoms with E-state index >= 15 is 0 Å². The van der Waals surface area contributed by atoms with Crippen LogP contribution >= 0.6 is 0 Å². The van der Waals surface area contributed by atoms with Gasteiger partial charge in [-0.05, 0) is 35.6 Å². The molecular weight excluding hydrogens is 424 g/mol. The average molecular weight is 459 g/mol. The summed E-state index contributed by atoms with van der Waals surface area (Å²) in [4.78, 5) is 28.5. The Balaban J connectivity index is 1.88. The van der Waals surface area contributed by atoms with E-state index in [0.29, 0.717) is 31.2 Å². The number of hydrogen-bond donors (Lipinski definition) is 1. The van der Waals surface area contributed by atoms with Crippen LogP contribution < -0.4 is 10.1 Å². The molecule has 178 valence electrons. The number of nitrogens with one attached hydrogen (secondary N) is 1. The van der Waals surface area contributed by atoms with Gasteiger partial charge in [-0.2, -0.15) is 0 Å². The Kier molecular flexibility index (Phi) is 9.27. The lowest BCUT2D eigenvalue weighted by Gasteiger charge is -2.31. The van der Waals surface area contributed by atoms with Crippen molar-refractivity contribution in [3.05, 3.63) is 102 Å². The number of rotatable bonds is 11. The summed E-state index contributed by atoms with van der Waals surface area (Å²) in [6, 6.07) is 26.5. The molecule has 0 bridgehead atoms. The third-order valence-electron chi connectivity index (χ3n) is 5.60. The number of ether oxygens (including phenoxy) is 1.